The van der Waals surface area contributed by atoms with Gasteiger partial charge in [0.2, 0.25) is 17.7 Å². The second kappa shape index (κ2) is 13.2. The second-order valence-corrected chi connectivity index (χ2v) is 8.15. The molecule has 0 aromatic carbocycles. The number of carboxylic acid groups (broad SMARTS) is 2. The van der Waals surface area contributed by atoms with Gasteiger partial charge in [-0.05, 0) is 25.7 Å². The fourth-order valence-corrected chi connectivity index (χ4v) is 2.90. The Bertz CT molecular complexity index is 825. The van der Waals surface area contributed by atoms with Gasteiger partial charge in [0.1, 0.15) is 18.1 Å². The number of hydrogen-bond donors (Lipinski definition) is 7. The van der Waals surface area contributed by atoms with Crippen LogP contribution in [0.1, 0.15) is 45.7 Å². The van der Waals surface area contributed by atoms with E-state index in [1.165, 1.54) is 19.4 Å². The van der Waals surface area contributed by atoms with E-state index < -0.39 is 60.2 Å². The van der Waals surface area contributed by atoms with Crippen molar-refractivity contribution in [3.63, 3.8) is 0 Å². The largest absolute Gasteiger partial charge is 0.481 e. The van der Waals surface area contributed by atoms with Gasteiger partial charge in [0.15, 0.2) is 0 Å². The van der Waals surface area contributed by atoms with Crippen LogP contribution in [-0.2, 0) is 30.4 Å². The smallest absolute Gasteiger partial charge is 0.326 e. The molecule has 1 aromatic heterocycles. The van der Waals surface area contributed by atoms with Crippen LogP contribution in [0.5, 0.6) is 0 Å². The number of nitrogens with two attached hydrogens (primary N) is 1. The maximum atomic E-state index is 12.9. The quantitative estimate of drug-likeness (QED) is 0.173. The molecule has 13 nitrogen and oxygen atoms in total. The summed E-state index contributed by atoms with van der Waals surface area (Å²) in [5.74, 6) is -4.69. The van der Waals surface area contributed by atoms with E-state index in [0.717, 1.165) is 0 Å². The summed E-state index contributed by atoms with van der Waals surface area (Å²) < 4.78 is 0. The van der Waals surface area contributed by atoms with Gasteiger partial charge in [-0.3, -0.25) is 19.2 Å². The highest BCUT2D eigenvalue weighted by atomic mass is 16.4. The first-order valence-electron chi connectivity index (χ1n) is 10.5. The highest BCUT2D eigenvalue weighted by Gasteiger charge is 2.30. The Morgan fingerprint density at radius 2 is 1.55 bits per heavy atom. The normalized spacial score (nSPS) is 14.6. The third-order valence-corrected chi connectivity index (χ3v) is 4.63. The number of amides is 3. The molecule has 33 heavy (non-hydrogen) atoms. The molecule has 184 valence electrons. The first-order chi connectivity index (χ1) is 15.4. The number of aromatic nitrogens is 2. The molecule has 0 fully saturated rings. The van der Waals surface area contributed by atoms with Gasteiger partial charge in [-0.15, -0.1) is 0 Å². The van der Waals surface area contributed by atoms with E-state index in [1.807, 2.05) is 0 Å². The number of aromatic amines is 1. The molecule has 0 radical (unpaired) electrons. The van der Waals surface area contributed by atoms with E-state index in [2.05, 4.69) is 25.9 Å². The van der Waals surface area contributed by atoms with Gasteiger partial charge in [-0.1, -0.05) is 13.8 Å². The topological polar surface area (TPSA) is 217 Å². The van der Waals surface area contributed by atoms with Crippen LogP contribution in [0.15, 0.2) is 12.5 Å². The van der Waals surface area contributed by atoms with Crippen LogP contribution >= 0.6 is 0 Å². The molecule has 0 spiro atoms. The number of nitrogens with zero attached hydrogens (tertiary/aromatic N) is 1. The first kappa shape index (κ1) is 27.6. The van der Waals surface area contributed by atoms with E-state index in [0.29, 0.717) is 5.69 Å². The Kier molecular flexibility index (Phi) is 11.0. The summed E-state index contributed by atoms with van der Waals surface area (Å²) in [5, 5.41) is 25.6. The lowest BCUT2D eigenvalue weighted by Crippen LogP contribution is -2.57. The predicted molar refractivity (Wildman–Crippen MR) is 116 cm³/mol. The number of aliphatic carboxylic acids is 2. The molecule has 0 aliphatic heterocycles. The number of imidazole rings is 1. The van der Waals surface area contributed by atoms with Crippen LogP contribution in [0, 0.1) is 5.92 Å². The monoisotopic (exact) mass is 468 g/mol. The molecule has 0 aliphatic rings. The zero-order valence-corrected chi connectivity index (χ0v) is 18.8. The predicted octanol–water partition coefficient (Wildman–Crippen LogP) is -1.25. The van der Waals surface area contributed by atoms with E-state index in [9.17, 15) is 29.1 Å². The highest BCUT2D eigenvalue weighted by molar-refractivity contribution is 5.94. The molecule has 8 N–H and O–H groups in total. The average Bonchev–Trinajstić information content (AvgIpc) is 3.22. The zero-order valence-electron chi connectivity index (χ0n) is 18.8. The van der Waals surface area contributed by atoms with E-state index in [4.69, 9.17) is 10.8 Å². The van der Waals surface area contributed by atoms with Gasteiger partial charge < -0.3 is 36.9 Å². The van der Waals surface area contributed by atoms with Crippen molar-refractivity contribution in [3.8, 4) is 0 Å². The molecule has 1 aromatic rings. The minimum absolute atomic E-state index is 0.00264. The number of carboxylic acids is 2. The molecule has 4 unspecified atom stereocenters. The van der Waals surface area contributed by atoms with Gasteiger partial charge in [0.25, 0.3) is 0 Å². The Morgan fingerprint density at radius 1 is 0.970 bits per heavy atom. The fourth-order valence-electron chi connectivity index (χ4n) is 2.90. The second-order valence-electron chi connectivity index (χ2n) is 8.15. The van der Waals surface area contributed by atoms with Crippen molar-refractivity contribution in [2.24, 2.45) is 11.7 Å². The molecule has 0 saturated heterocycles. The number of H-pyrrole nitrogens is 1. The molecule has 3 amide bonds. The van der Waals surface area contributed by atoms with Crippen molar-refractivity contribution in [1.29, 1.82) is 0 Å². The first-order valence-corrected chi connectivity index (χ1v) is 10.5. The van der Waals surface area contributed by atoms with Crippen LogP contribution in [0.4, 0.5) is 0 Å². The van der Waals surface area contributed by atoms with Crippen molar-refractivity contribution in [2.75, 3.05) is 0 Å². The van der Waals surface area contributed by atoms with Gasteiger partial charge in [0.05, 0.1) is 12.4 Å². The molecule has 0 aliphatic carbocycles. The van der Waals surface area contributed by atoms with Gasteiger partial charge >= 0.3 is 11.9 Å². The number of hydrogen-bond acceptors (Lipinski definition) is 7. The maximum Gasteiger partial charge on any atom is 0.326 e. The van der Waals surface area contributed by atoms with Gasteiger partial charge in [-0.2, -0.15) is 0 Å². The van der Waals surface area contributed by atoms with Crippen LogP contribution < -0.4 is 21.7 Å². The fraction of sp³-hybridized carbons (Fsp3) is 0.600. The van der Waals surface area contributed by atoms with Crippen molar-refractivity contribution in [2.45, 2.75) is 70.6 Å². The number of rotatable bonds is 14. The van der Waals surface area contributed by atoms with Crippen LogP contribution in [0.25, 0.3) is 0 Å². The van der Waals surface area contributed by atoms with Gasteiger partial charge in [0, 0.05) is 24.7 Å². The number of carbonyl (C=O) groups is 5. The summed E-state index contributed by atoms with van der Waals surface area (Å²) in [6.07, 6.45) is 2.27. The number of carbonyl (C=O) groups excluding carboxylic acids is 3. The van der Waals surface area contributed by atoms with Crippen LogP contribution in [0.3, 0.4) is 0 Å². The Hall–Kier alpha value is -3.48. The third kappa shape index (κ3) is 10.1. The number of nitrogens with one attached hydrogen (secondary N) is 4. The Morgan fingerprint density at radius 3 is 2.03 bits per heavy atom. The van der Waals surface area contributed by atoms with Crippen LogP contribution in [-0.4, -0.2) is 74.0 Å². The van der Waals surface area contributed by atoms with E-state index in [-0.39, 0.29) is 25.2 Å². The van der Waals surface area contributed by atoms with Crippen molar-refractivity contribution < 1.29 is 34.2 Å². The lowest BCUT2D eigenvalue weighted by Gasteiger charge is -2.25. The SMILES string of the molecule is CC(C)CC(NC(=O)C(CCC(=O)O)NC(=O)C(Cc1cnc[nH]1)NC(=O)C(C)N)C(=O)O. The van der Waals surface area contributed by atoms with Crippen molar-refractivity contribution in [3.05, 3.63) is 18.2 Å². The highest BCUT2D eigenvalue weighted by Crippen LogP contribution is 2.08. The minimum atomic E-state index is -1.33. The molecular weight excluding hydrogens is 436 g/mol. The summed E-state index contributed by atoms with van der Waals surface area (Å²) in [5.41, 5.74) is 6.08. The molecular formula is C20H32N6O7. The van der Waals surface area contributed by atoms with Gasteiger partial charge in [-0.25, -0.2) is 9.78 Å². The zero-order chi connectivity index (χ0) is 25.1. The van der Waals surface area contributed by atoms with E-state index >= 15 is 0 Å². The Labute approximate surface area is 190 Å². The molecule has 13 heteroatoms. The molecule has 1 rings (SSSR count). The average molecular weight is 469 g/mol. The molecule has 0 saturated carbocycles. The molecule has 0 bridgehead atoms. The summed E-state index contributed by atoms with van der Waals surface area (Å²) in [7, 11) is 0. The maximum absolute atomic E-state index is 12.9. The molecule has 4 atom stereocenters. The minimum Gasteiger partial charge on any atom is -0.481 e. The Balaban J connectivity index is 3.03. The summed E-state index contributed by atoms with van der Waals surface area (Å²) >= 11 is 0. The van der Waals surface area contributed by atoms with Crippen molar-refractivity contribution >= 4 is 29.7 Å². The lowest BCUT2D eigenvalue weighted by molar-refractivity contribution is -0.143. The van der Waals surface area contributed by atoms with Crippen LogP contribution in [0.2, 0.25) is 0 Å². The standard InChI is InChI=1S/C20H32N6O7/c1-10(2)6-15(20(32)33)26-18(30)13(4-5-16(27)28)24-19(31)14(25-17(29)11(3)21)7-12-8-22-9-23-12/h8-11,13-15H,4-7,21H2,1-3H3,(H,22,23)(H,24,31)(H,25,29)(H,26,30)(H,27,28)(H,32,33). The summed E-state index contributed by atoms with van der Waals surface area (Å²) in [6.45, 7) is 5.00. The summed E-state index contributed by atoms with van der Waals surface area (Å²) in [6, 6.07) is -4.59. The third-order valence-electron chi connectivity index (χ3n) is 4.63. The van der Waals surface area contributed by atoms with Crippen molar-refractivity contribution in [1.82, 2.24) is 25.9 Å². The lowest BCUT2D eigenvalue weighted by atomic mass is 10.0. The summed E-state index contributed by atoms with van der Waals surface area (Å²) in [4.78, 5) is 66.9. The molecule has 1 heterocycles. The van der Waals surface area contributed by atoms with E-state index in [1.54, 1.807) is 13.8 Å².